The number of rotatable bonds is 5. The zero-order valence-electron chi connectivity index (χ0n) is 11.6. The SMILES string of the molecule is COC(=O)C1CCCC1S(=O)(=O)NCc1ccn(C)n1. The Bertz CT molecular complexity index is 581. The van der Waals surface area contributed by atoms with E-state index in [2.05, 4.69) is 14.6 Å². The molecule has 1 heterocycles. The summed E-state index contributed by atoms with van der Waals surface area (Å²) in [7, 11) is -0.504. The summed E-state index contributed by atoms with van der Waals surface area (Å²) < 4.78 is 33.4. The van der Waals surface area contributed by atoms with E-state index in [0.717, 1.165) is 6.42 Å². The zero-order chi connectivity index (χ0) is 14.8. The molecule has 1 aromatic rings. The molecule has 0 spiro atoms. The zero-order valence-corrected chi connectivity index (χ0v) is 12.4. The number of carbonyl (C=O) groups is 1. The predicted molar refractivity (Wildman–Crippen MR) is 72.1 cm³/mol. The van der Waals surface area contributed by atoms with Crippen molar-refractivity contribution in [3.63, 3.8) is 0 Å². The van der Waals surface area contributed by atoms with Gasteiger partial charge in [0.15, 0.2) is 0 Å². The number of nitrogens with zero attached hydrogens (tertiary/aromatic N) is 2. The highest BCUT2D eigenvalue weighted by Crippen LogP contribution is 2.31. The third-order valence-corrected chi connectivity index (χ3v) is 5.49. The van der Waals surface area contributed by atoms with Crippen LogP contribution in [0.1, 0.15) is 25.0 Å². The lowest BCUT2D eigenvalue weighted by molar-refractivity contribution is -0.145. The fraction of sp³-hybridized carbons (Fsp3) is 0.667. The van der Waals surface area contributed by atoms with Gasteiger partial charge in [-0.15, -0.1) is 0 Å². The van der Waals surface area contributed by atoms with Gasteiger partial charge in [-0.1, -0.05) is 6.42 Å². The molecule has 2 unspecified atom stereocenters. The third-order valence-electron chi connectivity index (χ3n) is 3.58. The molecule has 1 fully saturated rings. The first-order valence-corrected chi connectivity index (χ1v) is 8.03. The number of sulfonamides is 1. The number of aryl methyl sites for hydroxylation is 1. The van der Waals surface area contributed by atoms with Crippen LogP contribution < -0.4 is 4.72 Å². The first-order valence-electron chi connectivity index (χ1n) is 6.49. The van der Waals surface area contributed by atoms with Gasteiger partial charge in [-0.2, -0.15) is 5.10 Å². The van der Waals surface area contributed by atoms with Crippen LogP contribution in [0.25, 0.3) is 0 Å². The van der Waals surface area contributed by atoms with Gasteiger partial charge in [-0.3, -0.25) is 9.48 Å². The minimum Gasteiger partial charge on any atom is -0.469 e. The van der Waals surface area contributed by atoms with Gasteiger partial charge in [0.2, 0.25) is 10.0 Å². The number of nitrogens with one attached hydrogen (secondary N) is 1. The van der Waals surface area contributed by atoms with Gasteiger partial charge in [-0.05, 0) is 18.9 Å². The van der Waals surface area contributed by atoms with E-state index < -0.39 is 27.2 Å². The Balaban J connectivity index is 2.04. The molecule has 0 aromatic carbocycles. The van der Waals surface area contributed by atoms with Crippen LogP contribution in [-0.2, 0) is 33.1 Å². The van der Waals surface area contributed by atoms with Crippen LogP contribution in [0.5, 0.6) is 0 Å². The molecule has 0 bridgehead atoms. The highest BCUT2D eigenvalue weighted by molar-refractivity contribution is 7.90. The van der Waals surface area contributed by atoms with Crippen molar-refractivity contribution < 1.29 is 17.9 Å². The summed E-state index contributed by atoms with van der Waals surface area (Å²) in [6, 6.07) is 1.74. The largest absolute Gasteiger partial charge is 0.469 e. The van der Waals surface area contributed by atoms with E-state index in [1.54, 1.807) is 24.0 Å². The van der Waals surface area contributed by atoms with Crippen LogP contribution in [0, 0.1) is 5.92 Å². The van der Waals surface area contributed by atoms with Crippen molar-refractivity contribution in [1.29, 1.82) is 0 Å². The number of carbonyl (C=O) groups excluding carboxylic acids is 1. The molecule has 1 saturated carbocycles. The third kappa shape index (κ3) is 3.18. The number of aromatic nitrogens is 2. The Labute approximate surface area is 118 Å². The second-order valence-electron chi connectivity index (χ2n) is 4.95. The highest BCUT2D eigenvalue weighted by Gasteiger charge is 2.42. The highest BCUT2D eigenvalue weighted by atomic mass is 32.2. The van der Waals surface area contributed by atoms with Crippen molar-refractivity contribution in [2.45, 2.75) is 31.1 Å². The van der Waals surface area contributed by atoms with Crippen molar-refractivity contribution in [1.82, 2.24) is 14.5 Å². The van der Waals surface area contributed by atoms with Crippen molar-refractivity contribution in [3.05, 3.63) is 18.0 Å². The van der Waals surface area contributed by atoms with Gasteiger partial charge in [0.05, 0.1) is 30.5 Å². The van der Waals surface area contributed by atoms with Gasteiger partial charge in [0, 0.05) is 13.2 Å². The molecule has 20 heavy (non-hydrogen) atoms. The van der Waals surface area contributed by atoms with Gasteiger partial charge in [0.1, 0.15) is 0 Å². The van der Waals surface area contributed by atoms with E-state index in [4.69, 9.17) is 0 Å². The topological polar surface area (TPSA) is 90.3 Å². The van der Waals surface area contributed by atoms with Crippen LogP contribution in [-0.4, -0.2) is 36.5 Å². The fourth-order valence-corrected chi connectivity index (χ4v) is 4.28. The first-order chi connectivity index (χ1) is 9.44. The van der Waals surface area contributed by atoms with Crippen LogP contribution in [0.15, 0.2) is 12.3 Å². The lowest BCUT2D eigenvalue weighted by Crippen LogP contribution is -2.39. The molecule has 1 N–H and O–H groups in total. The number of hydrogen-bond acceptors (Lipinski definition) is 5. The molecule has 0 amide bonds. The van der Waals surface area contributed by atoms with Gasteiger partial charge < -0.3 is 4.74 Å². The molecule has 1 aliphatic carbocycles. The number of methoxy groups -OCH3 is 1. The van der Waals surface area contributed by atoms with Crippen molar-refractivity contribution in [2.24, 2.45) is 13.0 Å². The summed E-state index contributed by atoms with van der Waals surface area (Å²) in [5.41, 5.74) is 0.642. The molecule has 0 saturated heterocycles. The summed E-state index contributed by atoms with van der Waals surface area (Å²) in [6.45, 7) is 0.133. The Morgan fingerprint density at radius 1 is 1.55 bits per heavy atom. The lowest BCUT2D eigenvalue weighted by atomic mass is 10.1. The van der Waals surface area contributed by atoms with Crippen molar-refractivity contribution >= 4 is 16.0 Å². The van der Waals surface area contributed by atoms with E-state index in [1.807, 2.05) is 0 Å². The Morgan fingerprint density at radius 2 is 2.30 bits per heavy atom. The van der Waals surface area contributed by atoms with Crippen molar-refractivity contribution in [3.8, 4) is 0 Å². The molecule has 0 aliphatic heterocycles. The van der Waals surface area contributed by atoms with Gasteiger partial charge in [0.25, 0.3) is 0 Å². The first kappa shape index (κ1) is 15.0. The predicted octanol–water partition coefficient (Wildman–Crippen LogP) is 0.181. The standard InChI is InChI=1S/C12H19N3O4S/c1-15-7-6-9(14-15)8-13-20(17,18)11-5-3-4-10(11)12(16)19-2/h6-7,10-11,13H,3-5,8H2,1-2H3. The van der Waals surface area contributed by atoms with Gasteiger partial charge in [-0.25, -0.2) is 13.1 Å². The molecule has 1 aromatic heterocycles. The Hall–Kier alpha value is -1.41. The molecule has 7 nitrogen and oxygen atoms in total. The number of esters is 1. The summed E-state index contributed by atoms with van der Waals surface area (Å²) in [6.07, 6.45) is 3.50. The molecule has 112 valence electrons. The maximum Gasteiger partial charge on any atom is 0.310 e. The van der Waals surface area contributed by atoms with Gasteiger partial charge >= 0.3 is 5.97 Å². The fourth-order valence-electron chi connectivity index (χ4n) is 2.56. The second-order valence-corrected chi connectivity index (χ2v) is 6.93. The smallest absolute Gasteiger partial charge is 0.310 e. The average molecular weight is 301 g/mol. The molecule has 1 aliphatic rings. The number of ether oxygens (including phenoxy) is 1. The quantitative estimate of drug-likeness (QED) is 0.784. The summed E-state index contributed by atoms with van der Waals surface area (Å²) >= 11 is 0. The van der Waals surface area contributed by atoms with E-state index >= 15 is 0 Å². The lowest BCUT2D eigenvalue weighted by Gasteiger charge is -2.18. The molecule has 2 atom stereocenters. The monoisotopic (exact) mass is 301 g/mol. The molecular weight excluding hydrogens is 282 g/mol. The number of hydrogen-bond donors (Lipinski definition) is 1. The Morgan fingerprint density at radius 3 is 2.90 bits per heavy atom. The minimum atomic E-state index is -3.55. The second kappa shape index (κ2) is 5.92. The molecule has 8 heteroatoms. The molecular formula is C12H19N3O4S. The Kier molecular flexibility index (Phi) is 4.44. The van der Waals surface area contributed by atoms with Crippen LogP contribution in [0.4, 0.5) is 0 Å². The van der Waals surface area contributed by atoms with Crippen LogP contribution >= 0.6 is 0 Å². The summed E-state index contributed by atoms with van der Waals surface area (Å²) in [4.78, 5) is 11.6. The minimum absolute atomic E-state index is 0.133. The summed E-state index contributed by atoms with van der Waals surface area (Å²) in [5, 5.41) is 3.40. The van der Waals surface area contributed by atoms with Crippen LogP contribution in [0.3, 0.4) is 0 Å². The van der Waals surface area contributed by atoms with E-state index in [9.17, 15) is 13.2 Å². The maximum atomic E-state index is 12.3. The van der Waals surface area contributed by atoms with E-state index in [0.29, 0.717) is 18.5 Å². The molecule has 2 rings (SSSR count). The molecule has 0 radical (unpaired) electrons. The average Bonchev–Trinajstić information content (AvgIpc) is 3.04. The normalized spacial score (nSPS) is 22.9. The summed E-state index contributed by atoms with van der Waals surface area (Å²) in [5.74, 6) is -1.02. The van der Waals surface area contributed by atoms with E-state index in [1.165, 1.54) is 7.11 Å². The maximum absolute atomic E-state index is 12.3. The van der Waals surface area contributed by atoms with Crippen LogP contribution in [0.2, 0.25) is 0 Å². The van der Waals surface area contributed by atoms with Crippen molar-refractivity contribution in [2.75, 3.05) is 7.11 Å². The van der Waals surface area contributed by atoms with E-state index in [-0.39, 0.29) is 6.54 Å².